The third kappa shape index (κ3) is 6.80. The maximum Gasteiger partial charge on any atom is 0.328 e. The number of carboxylic acids is 1. The maximum absolute atomic E-state index is 10.9. The van der Waals surface area contributed by atoms with Crippen molar-refractivity contribution < 1.29 is 14.7 Å². The van der Waals surface area contributed by atoms with E-state index in [1.807, 2.05) is 6.92 Å². The quantitative estimate of drug-likeness (QED) is 0.487. The van der Waals surface area contributed by atoms with Crippen LogP contribution in [-0.2, 0) is 9.59 Å². The molecule has 13 heavy (non-hydrogen) atoms. The summed E-state index contributed by atoms with van der Waals surface area (Å²) < 4.78 is 0. The molecule has 0 bridgehead atoms. The van der Waals surface area contributed by atoms with Gasteiger partial charge in [0, 0.05) is 18.7 Å². The van der Waals surface area contributed by atoms with Crippen LogP contribution >= 0.6 is 0 Å². The standard InChI is InChI=1S/C9H13NO3/c1-3-7(2)6-10-8(11)4-5-9(12)13/h4-5H,2-3,6H2,1H3,(H,10,11)(H,12,13)/b5-4-. The molecule has 0 aromatic heterocycles. The number of amides is 1. The average Bonchev–Trinajstić information content (AvgIpc) is 2.10. The Morgan fingerprint density at radius 2 is 2.08 bits per heavy atom. The lowest BCUT2D eigenvalue weighted by molar-refractivity contribution is -0.131. The fraction of sp³-hybridized carbons (Fsp3) is 0.333. The van der Waals surface area contributed by atoms with Crippen molar-refractivity contribution in [1.82, 2.24) is 5.32 Å². The monoisotopic (exact) mass is 183 g/mol. The predicted octanol–water partition coefficient (Wildman–Crippen LogP) is 0.710. The average molecular weight is 183 g/mol. The van der Waals surface area contributed by atoms with E-state index in [4.69, 9.17) is 5.11 Å². The molecule has 0 rings (SSSR count). The third-order valence-electron chi connectivity index (χ3n) is 1.39. The van der Waals surface area contributed by atoms with E-state index in [9.17, 15) is 9.59 Å². The molecule has 0 fully saturated rings. The largest absolute Gasteiger partial charge is 0.478 e. The summed E-state index contributed by atoms with van der Waals surface area (Å²) in [4.78, 5) is 20.9. The summed E-state index contributed by atoms with van der Waals surface area (Å²) in [5, 5.41) is 10.7. The van der Waals surface area contributed by atoms with Crippen LogP contribution < -0.4 is 5.32 Å². The maximum atomic E-state index is 10.9. The van der Waals surface area contributed by atoms with Crippen molar-refractivity contribution in [2.45, 2.75) is 13.3 Å². The van der Waals surface area contributed by atoms with Gasteiger partial charge in [-0.15, -0.1) is 0 Å². The van der Waals surface area contributed by atoms with Crippen molar-refractivity contribution in [3.8, 4) is 0 Å². The molecule has 0 heterocycles. The molecule has 0 aliphatic heterocycles. The Bertz CT molecular complexity index is 243. The molecule has 72 valence electrons. The fourth-order valence-electron chi connectivity index (χ4n) is 0.543. The summed E-state index contributed by atoms with van der Waals surface area (Å²) in [5.41, 5.74) is 0.900. The Morgan fingerprint density at radius 1 is 1.46 bits per heavy atom. The zero-order valence-electron chi connectivity index (χ0n) is 7.54. The number of hydrogen-bond donors (Lipinski definition) is 2. The molecule has 4 heteroatoms. The molecule has 2 N–H and O–H groups in total. The Hall–Kier alpha value is -1.58. The first-order chi connectivity index (χ1) is 6.06. The number of carbonyl (C=O) groups excluding carboxylic acids is 1. The molecule has 0 aliphatic rings. The van der Waals surface area contributed by atoms with Gasteiger partial charge in [0.25, 0.3) is 0 Å². The molecule has 4 nitrogen and oxygen atoms in total. The van der Waals surface area contributed by atoms with Gasteiger partial charge in [0.15, 0.2) is 0 Å². The number of rotatable bonds is 5. The molecule has 0 unspecified atom stereocenters. The molecule has 0 saturated carbocycles. The molecular formula is C9H13NO3. The van der Waals surface area contributed by atoms with Gasteiger partial charge < -0.3 is 10.4 Å². The van der Waals surface area contributed by atoms with Crippen LogP contribution in [0.1, 0.15) is 13.3 Å². The highest BCUT2D eigenvalue weighted by molar-refractivity contribution is 5.93. The molecular weight excluding hydrogens is 170 g/mol. The van der Waals surface area contributed by atoms with Gasteiger partial charge in [-0.05, 0) is 6.42 Å². The van der Waals surface area contributed by atoms with Crippen LogP contribution in [0.4, 0.5) is 0 Å². The Labute approximate surface area is 76.9 Å². The smallest absolute Gasteiger partial charge is 0.328 e. The first-order valence-corrected chi connectivity index (χ1v) is 3.91. The summed E-state index contributed by atoms with van der Waals surface area (Å²) in [6.07, 6.45) is 2.57. The van der Waals surface area contributed by atoms with Crippen molar-refractivity contribution in [1.29, 1.82) is 0 Å². The van der Waals surface area contributed by atoms with E-state index in [0.29, 0.717) is 6.54 Å². The van der Waals surface area contributed by atoms with Gasteiger partial charge >= 0.3 is 5.97 Å². The molecule has 0 atom stereocenters. The summed E-state index contributed by atoms with van der Waals surface area (Å²) in [7, 11) is 0. The van der Waals surface area contributed by atoms with Gasteiger partial charge in [0.1, 0.15) is 0 Å². The van der Waals surface area contributed by atoms with E-state index in [-0.39, 0.29) is 0 Å². The van der Waals surface area contributed by atoms with Gasteiger partial charge in [0.2, 0.25) is 5.91 Å². The third-order valence-corrected chi connectivity index (χ3v) is 1.39. The lowest BCUT2D eigenvalue weighted by Crippen LogP contribution is -2.23. The number of carboxylic acid groups (broad SMARTS) is 1. The second-order valence-electron chi connectivity index (χ2n) is 2.49. The SMILES string of the molecule is C=C(CC)CNC(=O)/C=C\C(=O)O. The van der Waals surface area contributed by atoms with Gasteiger partial charge in [-0.1, -0.05) is 19.1 Å². The highest BCUT2D eigenvalue weighted by atomic mass is 16.4. The summed E-state index contributed by atoms with van der Waals surface area (Å²) in [6.45, 7) is 6.01. The van der Waals surface area contributed by atoms with Gasteiger partial charge in [0.05, 0.1) is 0 Å². The lowest BCUT2D eigenvalue weighted by atomic mass is 10.2. The predicted molar refractivity (Wildman–Crippen MR) is 49.2 cm³/mol. The minimum atomic E-state index is -1.13. The summed E-state index contributed by atoms with van der Waals surface area (Å²) in [6, 6.07) is 0. The first-order valence-electron chi connectivity index (χ1n) is 3.91. The Balaban J connectivity index is 3.76. The van der Waals surface area contributed by atoms with Crippen molar-refractivity contribution in [3.63, 3.8) is 0 Å². The zero-order chi connectivity index (χ0) is 10.3. The number of hydrogen-bond acceptors (Lipinski definition) is 2. The van der Waals surface area contributed by atoms with E-state index in [2.05, 4.69) is 11.9 Å². The van der Waals surface area contributed by atoms with Crippen molar-refractivity contribution >= 4 is 11.9 Å². The minimum Gasteiger partial charge on any atom is -0.478 e. The van der Waals surface area contributed by atoms with E-state index >= 15 is 0 Å². The number of nitrogens with one attached hydrogen (secondary N) is 1. The number of carbonyl (C=O) groups is 2. The minimum absolute atomic E-state index is 0.388. The Morgan fingerprint density at radius 3 is 2.54 bits per heavy atom. The Kier molecular flexibility index (Phi) is 5.27. The van der Waals surface area contributed by atoms with Crippen LogP contribution in [0.3, 0.4) is 0 Å². The lowest BCUT2D eigenvalue weighted by Gasteiger charge is -2.01. The van der Waals surface area contributed by atoms with Crippen LogP contribution in [0.5, 0.6) is 0 Å². The van der Waals surface area contributed by atoms with Gasteiger partial charge in [-0.2, -0.15) is 0 Å². The zero-order valence-corrected chi connectivity index (χ0v) is 7.54. The van der Waals surface area contributed by atoms with E-state index in [1.54, 1.807) is 0 Å². The highest BCUT2D eigenvalue weighted by Gasteiger charge is 1.96. The van der Waals surface area contributed by atoms with Crippen LogP contribution in [0.2, 0.25) is 0 Å². The second kappa shape index (κ2) is 5.99. The molecule has 0 spiro atoms. The van der Waals surface area contributed by atoms with Crippen molar-refractivity contribution in [2.24, 2.45) is 0 Å². The van der Waals surface area contributed by atoms with Crippen LogP contribution in [0.25, 0.3) is 0 Å². The summed E-state index contributed by atoms with van der Waals surface area (Å²) >= 11 is 0. The fourth-order valence-corrected chi connectivity index (χ4v) is 0.543. The number of aliphatic carboxylic acids is 1. The van der Waals surface area contributed by atoms with Gasteiger partial charge in [-0.3, -0.25) is 4.79 Å². The topological polar surface area (TPSA) is 66.4 Å². The van der Waals surface area contributed by atoms with Gasteiger partial charge in [-0.25, -0.2) is 4.79 Å². The summed E-state index contributed by atoms with van der Waals surface area (Å²) in [5.74, 6) is -1.55. The van der Waals surface area contributed by atoms with E-state index in [0.717, 1.165) is 24.1 Å². The molecule has 0 saturated heterocycles. The highest BCUT2D eigenvalue weighted by Crippen LogP contribution is 1.92. The normalized spacial score (nSPS) is 9.92. The molecule has 0 radical (unpaired) electrons. The van der Waals surface area contributed by atoms with Crippen LogP contribution in [0, 0.1) is 0 Å². The van der Waals surface area contributed by atoms with Crippen LogP contribution in [-0.4, -0.2) is 23.5 Å². The molecule has 0 aromatic rings. The van der Waals surface area contributed by atoms with Crippen molar-refractivity contribution in [2.75, 3.05) is 6.54 Å². The second-order valence-corrected chi connectivity index (χ2v) is 2.49. The molecule has 0 aromatic carbocycles. The van der Waals surface area contributed by atoms with E-state index in [1.165, 1.54) is 0 Å². The van der Waals surface area contributed by atoms with E-state index < -0.39 is 11.9 Å². The van der Waals surface area contributed by atoms with Crippen molar-refractivity contribution in [3.05, 3.63) is 24.3 Å². The molecule has 0 aliphatic carbocycles. The molecule has 1 amide bonds. The first kappa shape index (κ1) is 11.4. The van der Waals surface area contributed by atoms with Crippen LogP contribution in [0.15, 0.2) is 24.3 Å².